The normalized spacial score (nSPS) is 14.5. The predicted molar refractivity (Wildman–Crippen MR) is 124 cm³/mol. The van der Waals surface area contributed by atoms with Gasteiger partial charge in [-0.25, -0.2) is 4.79 Å². The van der Waals surface area contributed by atoms with Gasteiger partial charge in [-0.3, -0.25) is 0 Å². The van der Waals surface area contributed by atoms with E-state index >= 15 is 0 Å². The van der Waals surface area contributed by atoms with Crippen molar-refractivity contribution >= 4 is 21.9 Å². The van der Waals surface area contributed by atoms with E-state index in [1.165, 1.54) is 0 Å². The number of halogens is 1. The highest BCUT2D eigenvalue weighted by atomic mass is 79.9. The van der Waals surface area contributed by atoms with Crippen molar-refractivity contribution in [1.29, 1.82) is 5.26 Å². The third-order valence-electron chi connectivity index (χ3n) is 5.22. The topological polar surface area (TPSA) is 104 Å². The van der Waals surface area contributed by atoms with Crippen molar-refractivity contribution in [3.05, 3.63) is 93.3 Å². The van der Waals surface area contributed by atoms with E-state index in [2.05, 4.69) is 22.0 Å². The molecule has 0 unspecified atom stereocenters. The maximum atomic E-state index is 12.5. The van der Waals surface area contributed by atoms with Crippen LogP contribution in [0.25, 0.3) is 0 Å². The lowest BCUT2D eigenvalue weighted by atomic mass is 9.83. The van der Waals surface area contributed by atoms with E-state index in [4.69, 9.17) is 24.7 Å². The van der Waals surface area contributed by atoms with Crippen LogP contribution in [-0.2, 0) is 0 Å². The van der Waals surface area contributed by atoms with Gasteiger partial charge in [-0.05, 0) is 48.0 Å². The van der Waals surface area contributed by atoms with Crippen LogP contribution in [0.5, 0.6) is 23.0 Å². The molecular weight excluding hydrogens is 488 g/mol. The van der Waals surface area contributed by atoms with Crippen LogP contribution >= 0.6 is 15.9 Å². The first-order valence-electron chi connectivity index (χ1n) is 9.86. The van der Waals surface area contributed by atoms with Crippen LogP contribution in [0, 0.1) is 11.3 Å². The molecule has 0 fully saturated rings. The number of allylic oxidation sites excluding steroid dienone is 1. The summed E-state index contributed by atoms with van der Waals surface area (Å²) >= 11 is 3.34. The van der Waals surface area contributed by atoms with Crippen LogP contribution in [0.15, 0.2) is 76.6 Å². The van der Waals surface area contributed by atoms with Crippen LogP contribution in [-0.4, -0.2) is 20.2 Å². The van der Waals surface area contributed by atoms with E-state index in [1.54, 1.807) is 68.8 Å². The number of ether oxygens (including phenoxy) is 4. The van der Waals surface area contributed by atoms with Gasteiger partial charge in [-0.1, -0.05) is 28.1 Å². The average molecular weight is 507 g/mol. The zero-order valence-corrected chi connectivity index (χ0v) is 19.4. The summed E-state index contributed by atoms with van der Waals surface area (Å²) in [6.45, 7) is 0. The molecule has 8 heteroatoms. The molecule has 0 aliphatic carbocycles. The van der Waals surface area contributed by atoms with Gasteiger partial charge < -0.3 is 24.7 Å². The van der Waals surface area contributed by atoms with Gasteiger partial charge in [0.15, 0.2) is 11.5 Å². The molecule has 3 aromatic carbocycles. The Bertz CT molecular complexity index is 1300. The molecule has 33 heavy (non-hydrogen) atoms. The third-order valence-corrected chi connectivity index (χ3v) is 5.75. The van der Waals surface area contributed by atoms with Crippen molar-refractivity contribution in [1.82, 2.24) is 0 Å². The van der Waals surface area contributed by atoms with Crippen molar-refractivity contribution in [3.63, 3.8) is 0 Å². The standard InChI is InChI=1S/C25H19BrN2O5/c1-30-20-10-5-15(11-22(20)31-2)23-18-9-8-17(12-21(18)33-24(28)19(23)13-27)32-25(29)14-3-6-16(26)7-4-14/h3-12,23H,28H2,1-2H3/t23-/m0/s1. The number of rotatable bonds is 5. The van der Waals surface area contributed by atoms with E-state index in [1.807, 2.05) is 6.07 Å². The molecule has 2 N–H and O–H groups in total. The summed E-state index contributed by atoms with van der Waals surface area (Å²) in [6, 6.07) is 19.4. The largest absolute Gasteiger partial charge is 0.493 e. The van der Waals surface area contributed by atoms with E-state index in [-0.39, 0.29) is 11.5 Å². The monoisotopic (exact) mass is 506 g/mol. The van der Waals surface area contributed by atoms with Crippen molar-refractivity contribution in [2.24, 2.45) is 5.73 Å². The quantitative estimate of drug-likeness (QED) is 0.387. The molecule has 0 bridgehead atoms. The number of nitrogens with zero attached hydrogens (tertiary/aromatic N) is 1. The van der Waals surface area contributed by atoms with Gasteiger partial charge in [0, 0.05) is 16.1 Å². The van der Waals surface area contributed by atoms with E-state index in [0.29, 0.717) is 34.1 Å². The Hall–Kier alpha value is -3.96. The van der Waals surface area contributed by atoms with Gasteiger partial charge >= 0.3 is 5.97 Å². The van der Waals surface area contributed by atoms with Gasteiger partial charge in [0.1, 0.15) is 23.1 Å². The molecule has 1 aliphatic rings. The Labute approximate surface area is 199 Å². The molecule has 0 saturated heterocycles. The van der Waals surface area contributed by atoms with Gasteiger partial charge in [0.25, 0.3) is 0 Å². The Morgan fingerprint density at radius 3 is 2.42 bits per heavy atom. The average Bonchev–Trinajstić information content (AvgIpc) is 2.83. The summed E-state index contributed by atoms with van der Waals surface area (Å²) in [7, 11) is 3.10. The van der Waals surface area contributed by atoms with Crippen molar-refractivity contribution in [3.8, 4) is 29.1 Å². The van der Waals surface area contributed by atoms with Gasteiger partial charge in [0.2, 0.25) is 5.88 Å². The molecule has 166 valence electrons. The second-order valence-corrected chi connectivity index (χ2v) is 8.05. The van der Waals surface area contributed by atoms with Crippen LogP contribution in [0.4, 0.5) is 0 Å². The summed E-state index contributed by atoms with van der Waals surface area (Å²) in [6.07, 6.45) is 0. The van der Waals surface area contributed by atoms with Gasteiger partial charge in [0.05, 0.1) is 25.7 Å². The summed E-state index contributed by atoms with van der Waals surface area (Å²) in [4.78, 5) is 12.5. The Kier molecular flexibility index (Phi) is 6.24. The smallest absolute Gasteiger partial charge is 0.343 e. The van der Waals surface area contributed by atoms with Crippen LogP contribution < -0.4 is 24.7 Å². The van der Waals surface area contributed by atoms with E-state index < -0.39 is 11.9 Å². The molecule has 1 aliphatic heterocycles. The molecule has 0 saturated carbocycles. The summed E-state index contributed by atoms with van der Waals surface area (Å²) in [5.41, 5.74) is 8.24. The van der Waals surface area contributed by atoms with E-state index in [9.17, 15) is 10.1 Å². The lowest BCUT2D eigenvalue weighted by Crippen LogP contribution is -2.21. The molecule has 3 aromatic rings. The number of fused-ring (bicyclic) bond motifs is 1. The Balaban J connectivity index is 1.71. The maximum absolute atomic E-state index is 12.5. The predicted octanol–water partition coefficient (Wildman–Crippen LogP) is 4.90. The molecule has 1 heterocycles. The highest BCUT2D eigenvalue weighted by molar-refractivity contribution is 9.10. The summed E-state index contributed by atoms with van der Waals surface area (Å²) in [5, 5.41) is 9.77. The number of carbonyl (C=O) groups is 1. The molecule has 0 spiro atoms. The first-order valence-corrected chi connectivity index (χ1v) is 10.7. The first-order chi connectivity index (χ1) is 15.9. The minimum atomic E-state index is -0.504. The Morgan fingerprint density at radius 1 is 1.03 bits per heavy atom. The fourth-order valence-electron chi connectivity index (χ4n) is 3.63. The lowest BCUT2D eigenvalue weighted by molar-refractivity contribution is 0.0734. The number of carbonyl (C=O) groups excluding carboxylic acids is 1. The number of esters is 1. The van der Waals surface area contributed by atoms with Gasteiger partial charge in [-0.15, -0.1) is 0 Å². The molecular formula is C25H19BrN2O5. The third kappa shape index (κ3) is 4.36. The number of hydrogen-bond acceptors (Lipinski definition) is 7. The highest BCUT2D eigenvalue weighted by Crippen LogP contribution is 2.45. The number of benzene rings is 3. The second kappa shape index (κ2) is 9.27. The molecule has 0 radical (unpaired) electrons. The Morgan fingerprint density at radius 2 is 1.76 bits per heavy atom. The van der Waals surface area contributed by atoms with Crippen molar-refractivity contribution in [2.45, 2.75) is 5.92 Å². The van der Waals surface area contributed by atoms with Crippen LogP contribution in [0.3, 0.4) is 0 Å². The molecule has 1 atom stereocenters. The number of nitriles is 1. The second-order valence-electron chi connectivity index (χ2n) is 7.14. The van der Waals surface area contributed by atoms with E-state index in [0.717, 1.165) is 10.0 Å². The lowest BCUT2D eigenvalue weighted by Gasteiger charge is -2.27. The first kappa shape index (κ1) is 22.2. The molecule has 7 nitrogen and oxygen atoms in total. The van der Waals surface area contributed by atoms with Gasteiger partial charge in [-0.2, -0.15) is 5.26 Å². The zero-order valence-electron chi connectivity index (χ0n) is 17.8. The van der Waals surface area contributed by atoms with Crippen molar-refractivity contribution in [2.75, 3.05) is 14.2 Å². The van der Waals surface area contributed by atoms with Crippen LogP contribution in [0.1, 0.15) is 27.4 Å². The minimum Gasteiger partial charge on any atom is -0.493 e. The summed E-state index contributed by atoms with van der Waals surface area (Å²) in [5.74, 6) is 0.776. The van der Waals surface area contributed by atoms with Crippen molar-refractivity contribution < 1.29 is 23.7 Å². The number of nitrogens with two attached hydrogens (primary N) is 1. The minimum absolute atomic E-state index is 0.0128. The SMILES string of the molecule is COc1ccc([C@@H]2C(C#N)=C(N)Oc3cc(OC(=O)c4ccc(Br)cc4)ccc32)cc1OC. The maximum Gasteiger partial charge on any atom is 0.343 e. The highest BCUT2D eigenvalue weighted by Gasteiger charge is 2.31. The molecule has 0 amide bonds. The molecule has 4 rings (SSSR count). The molecule has 0 aromatic heterocycles. The number of hydrogen-bond donors (Lipinski definition) is 1. The zero-order chi connectivity index (χ0) is 23.5. The fourth-order valence-corrected chi connectivity index (χ4v) is 3.89. The van der Waals surface area contributed by atoms with Crippen LogP contribution in [0.2, 0.25) is 0 Å². The fraction of sp³-hybridized carbons (Fsp3) is 0.120. The number of methoxy groups -OCH3 is 2. The summed E-state index contributed by atoms with van der Waals surface area (Å²) < 4.78 is 22.8.